The zero-order valence-electron chi connectivity index (χ0n) is 18.0. The Morgan fingerprint density at radius 3 is 2.00 bits per heavy atom. The van der Waals surface area contributed by atoms with E-state index >= 15 is 0 Å². The molecule has 0 saturated carbocycles. The third-order valence-corrected chi connectivity index (χ3v) is 5.39. The number of nitrogens with zero attached hydrogens (tertiary/aromatic N) is 3. The molecule has 1 aliphatic heterocycles. The van der Waals surface area contributed by atoms with Crippen LogP contribution in [0.4, 0.5) is 35.2 Å². The summed E-state index contributed by atoms with van der Waals surface area (Å²) in [6, 6.07) is 16.2. The summed E-state index contributed by atoms with van der Waals surface area (Å²) in [4.78, 5) is 33.0. The van der Waals surface area contributed by atoms with E-state index in [0.717, 1.165) is 18.0 Å². The highest BCUT2D eigenvalue weighted by Gasteiger charge is 2.30. The van der Waals surface area contributed by atoms with E-state index in [9.17, 15) is 22.8 Å². The van der Waals surface area contributed by atoms with Crippen LogP contribution in [0.1, 0.15) is 15.9 Å². The predicted molar refractivity (Wildman–Crippen MR) is 123 cm³/mol. The number of aromatic nitrogens is 1. The zero-order chi connectivity index (χ0) is 24.1. The summed E-state index contributed by atoms with van der Waals surface area (Å²) < 4.78 is 37.9. The van der Waals surface area contributed by atoms with E-state index in [-0.39, 0.29) is 11.6 Å². The Balaban J connectivity index is 1.28. The Bertz CT molecular complexity index is 1130. The second kappa shape index (κ2) is 9.82. The minimum atomic E-state index is -4.43. The number of urea groups is 1. The summed E-state index contributed by atoms with van der Waals surface area (Å²) in [5.74, 6) is 0.729. The van der Waals surface area contributed by atoms with Gasteiger partial charge in [-0.05, 0) is 48.5 Å². The molecule has 3 aromatic rings. The molecule has 2 heterocycles. The fraction of sp³-hybridized carbons (Fsp3) is 0.208. The van der Waals surface area contributed by atoms with Crippen molar-refractivity contribution in [2.45, 2.75) is 6.18 Å². The van der Waals surface area contributed by atoms with Gasteiger partial charge in [-0.3, -0.25) is 4.79 Å². The fourth-order valence-electron chi connectivity index (χ4n) is 3.58. The van der Waals surface area contributed by atoms with E-state index in [1.54, 1.807) is 24.3 Å². The summed E-state index contributed by atoms with van der Waals surface area (Å²) in [5, 5.41) is 5.08. The lowest BCUT2D eigenvalue weighted by molar-refractivity contribution is -0.137. The number of carbonyl (C=O) groups excluding carboxylic acids is 2. The van der Waals surface area contributed by atoms with Crippen molar-refractivity contribution in [3.8, 4) is 0 Å². The Morgan fingerprint density at radius 2 is 1.41 bits per heavy atom. The van der Waals surface area contributed by atoms with Gasteiger partial charge in [0.15, 0.2) is 0 Å². The van der Waals surface area contributed by atoms with Gasteiger partial charge in [0.2, 0.25) is 0 Å². The van der Waals surface area contributed by atoms with E-state index in [4.69, 9.17) is 0 Å². The highest BCUT2D eigenvalue weighted by molar-refractivity contribution is 5.99. The second-order valence-corrected chi connectivity index (χ2v) is 7.70. The van der Waals surface area contributed by atoms with E-state index in [1.807, 2.05) is 23.1 Å². The van der Waals surface area contributed by atoms with E-state index in [2.05, 4.69) is 20.5 Å². The van der Waals surface area contributed by atoms with Crippen molar-refractivity contribution in [2.24, 2.45) is 0 Å². The molecule has 1 saturated heterocycles. The predicted octanol–water partition coefficient (Wildman–Crippen LogP) is 4.71. The third-order valence-electron chi connectivity index (χ3n) is 5.39. The Kier molecular flexibility index (Phi) is 6.67. The van der Waals surface area contributed by atoms with Crippen LogP contribution in [0, 0.1) is 0 Å². The van der Waals surface area contributed by atoms with Gasteiger partial charge in [-0.25, -0.2) is 9.78 Å². The molecule has 2 N–H and O–H groups in total. The van der Waals surface area contributed by atoms with Crippen molar-refractivity contribution in [2.75, 3.05) is 41.7 Å². The number of alkyl halides is 3. The second-order valence-electron chi connectivity index (χ2n) is 7.70. The zero-order valence-corrected chi connectivity index (χ0v) is 18.0. The fourth-order valence-corrected chi connectivity index (χ4v) is 3.58. The van der Waals surface area contributed by atoms with Gasteiger partial charge in [0.1, 0.15) is 5.82 Å². The maximum Gasteiger partial charge on any atom is 0.416 e. The molecule has 0 radical (unpaired) electrons. The lowest BCUT2D eigenvalue weighted by Crippen LogP contribution is -2.49. The SMILES string of the molecule is O=C(Nc1ccc(C(F)(F)F)cc1)Nc1ccc(N2CCN(C(=O)c3ccccc3)CC2)nc1. The van der Waals surface area contributed by atoms with Crippen LogP contribution in [-0.2, 0) is 6.18 Å². The lowest BCUT2D eigenvalue weighted by atomic mass is 10.2. The van der Waals surface area contributed by atoms with Crippen molar-refractivity contribution in [3.05, 3.63) is 84.1 Å². The molecule has 1 aromatic heterocycles. The van der Waals surface area contributed by atoms with E-state index in [0.29, 0.717) is 37.4 Å². The summed E-state index contributed by atoms with van der Waals surface area (Å²) in [6.07, 6.45) is -2.93. The van der Waals surface area contributed by atoms with Crippen LogP contribution in [0.2, 0.25) is 0 Å². The van der Waals surface area contributed by atoms with Gasteiger partial charge in [0.05, 0.1) is 17.4 Å². The Morgan fingerprint density at radius 1 is 0.794 bits per heavy atom. The van der Waals surface area contributed by atoms with Crippen molar-refractivity contribution in [3.63, 3.8) is 0 Å². The number of hydrogen-bond donors (Lipinski definition) is 2. The van der Waals surface area contributed by atoms with Crippen LogP contribution in [0.25, 0.3) is 0 Å². The van der Waals surface area contributed by atoms with Crippen LogP contribution < -0.4 is 15.5 Å². The number of nitrogens with one attached hydrogen (secondary N) is 2. The molecule has 10 heteroatoms. The lowest BCUT2D eigenvalue weighted by Gasteiger charge is -2.35. The largest absolute Gasteiger partial charge is 0.416 e. The van der Waals surface area contributed by atoms with Gasteiger partial charge in [-0.15, -0.1) is 0 Å². The maximum atomic E-state index is 12.6. The highest BCUT2D eigenvalue weighted by atomic mass is 19.4. The average Bonchev–Trinajstić information content (AvgIpc) is 2.84. The molecule has 34 heavy (non-hydrogen) atoms. The van der Waals surface area contributed by atoms with Gasteiger partial charge in [0.25, 0.3) is 5.91 Å². The van der Waals surface area contributed by atoms with E-state index in [1.165, 1.54) is 18.3 Å². The first kappa shape index (κ1) is 23.1. The quantitative estimate of drug-likeness (QED) is 0.581. The summed E-state index contributed by atoms with van der Waals surface area (Å²) >= 11 is 0. The number of anilines is 3. The molecular weight excluding hydrogens is 447 g/mol. The van der Waals surface area contributed by atoms with Crippen LogP contribution in [0.15, 0.2) is 72.9 Å². The maximum absolute atomic E-state index is 12.6. The molecule has 4 rings (SSSR count). The number of benzene rings is 2. The monoisotopic (exact) mass is 469 g/mol. The molecule has 2 aromatic carbocycles. The van der Waals surface area contributed by atoms with Crippen molar-refractivity contribution < 1.29 is 22.8 Å². The first-order valence-corrected chi connectivity index (χ1v) is 10.6. The number of amides is 3. The number of hydrogen-bond acceptors (Lipinski definition) is 4. The van der Waals surface area contributed by atoms with Crippen molar-refractivity contribution >= 4 is 29.1 Å². The Hall–Kier alpha value is -4.08. The third kappa shape index (κ3) is 5.64. The van der Waals surface area contributed by atoms with Crippen LogP contribution in [0.5, 0.6) is 0 Å². The molecule has 1 fully saturated rings. The first-order chi connectivity index (χ1) is 16.3. The van der Waals surface area contributed by atoms with E-state index < -0.39 is 17.8 Å². The number of piperazine rings is 1. The van der Waals surface area contributed by atoms with Crippen LogP contribution >= 0.6 is 0 Å². The molecule has 0 bridgehead atoms. The van der Waals surface area contributed by atoms with Gasteiger partial charge in [-0.2, -0.15) is 13.2 Å². The summed E-state index contributed by atoms with van der Waals surface area (Å²) in [5.41, 5.74) is 0.548. The van der Waals surface area contributed by atoms with Gasteiger partial charge in [-0.1, -0.05) is 18.2 Å². The molecule has 0 atom stereocenters. The normalized spacial score (nSPS) is 14.0. The molecular formula is C24H22F3N5O2. The minimum Gasteiger partial charge on any atom is -0.353 e. The van der Waals surface area contributed by atoms with Crippen molar-refractivity contribution in [1.82, 2.24) is 9.88 Å². The number of halogens is 3. The number of carbonyl (C=O) groups is 2. The van der Waals surface area contributed by atoms with Gasteiger partial charge < -0.3 is 20.4 Å². The van der Waals surface area contributed by atoms with Crippen molar-refractivity contribution in [1.29, 1.82) is 0 Å². The molecule has 1 aliphatic rings. The topological polar surface area (TPSA) is 77.6 Å². The highest BCUT2D eigenvalue weighted by Crippen LogP contribution is 2.29. The Labute approximate surface area is 194 Å². The molecule has 7 nitrogen and oxygen atoms in total. The first-order valence-electron chi connectivity index (χ1n) is 10.6. The average molecular weight is 469 g/mol. The van der Waals surface area contributed by atoms with Crippen LogP contribution in [0.3, 0.4) is 0 Å². The smallest absolute Gasteiger partial charge is 0.353 e. The minimum absolute atomic E-state index is 0.00631. The molecule has 0 spiro atoms. The molecule has 0 unspecified atom stereocenters. The number of pyridine rings is 1. The van der Waals surface area contributed by atoms with Gasteiger partial charge in [0, 0.05) is 37.4 Å². The van der Waals surface area contributed by atoms with Crippen LogP contribution in [-0.4, -0.2) is 48.0 Å². The summed E-state index contributed by atoms with van der Waals surface area (Å²) in [6.45, 7) is 2.41. The molecule has 3 amide bonds. The number of rotatable bonds is 4. The molecule has 0 aliphatic carbocycles. The summed E-state index contributed by atoms with van der Waals surface area (Å²) in [7, 11) is 0. The standard InChI is InChI=1S/C24H22F3N5O2/c25-24(26,27)18-6-8-19(9-7-18)29-23(34)30-20-10-11-21(28-16-20)31-12-14-32(15-13-31)22(33)17-4-2-1-3-5-17/h1-11,16H,12-15H2,(H2,29,30,34). The molecule has 176 valence electrons. The van der Waals surface area contributed by atoms with Gasteiger partial charge >= 0.3 is 12.2 Å².